The van der Waals surface area contributed by atoms with Crippen LogP contribution in [0.2, 0.25) is 0 Å². The Kier molecular flexibility index (Phi) is 19.7. The van der Waals surface area contributed by atoms with Crippen LogP contribution in [0.25, 0.3) is 0 Å². The van der Waals surface area contributed by atoms with Crippen molar-refractivity contribution in [2.24, 2.45) is 5.41 Å². The van der Waals surface area contributed by atoms with Crippen LogP contribution in [-0.4, -0.2) is 76.7 Å². The van der Waals surface area contributed by atoms with Gasteiger partial charge in [0.2, 0.25) is 3.79 Å². The lowest BCUT2D eigenvalue weighted by atomic mass is 9.87. The standard InChI is InChI=1S/C50H58Cl3F3N2O9/c1-34-24-35(2)26-39(25-34)29-57(45(61)50(54,55)56)27-36-8-10-38(11-9-36)30-65-43(59)20-21-44(60)66-32-48(6,7)31-58(46(62)67-33-49(51,52)53)28-37-12-16-41(17-13-37)63-22-23-64-42-18-14-40(15-19-42)47(3,4)5/h8-19,24-26H,20-23,27-33H2,1-7H3. The van der Waals surface area contributed by atoms with Crippen LogP contribution in [0.5, 0.6) is 11.5 Å². The van der Waals surface area contributed by atoms with Gasteiger partial charge in [-0.25, -0.2) is 4.79 Å². The first-order valence-corrected chi connectivity index (χ1v) is 22.6. The Morgan fingerprint density at radius 3 is 1.54 bits per heavy atom. The molecule has 67 heavy (non-hydrogen) atoms. The van der Waals surface area contributed by atoms with Gasteiger partial charge in [-0.2, -0.15) is 13.2 Å². The van der Waals surface area contributed by atoms with Gasteiger partial charge < -0.3 is 33.5 Å². The van der Waals surface area contributed by atoms with Gasteiger partial charge in [0.15, 0.2) is 0 Å². The number of aryl methyl sites for hydroxylation is 2. The lowest BCUT2D eigenvalue weighted by Crippen LogP contribution is -2.41. The Morgan fingerprint density at radius 2 is 1.03 bits per heavy atom. The molecule has 2 amide bonds. The molecule has 0 spiro atoms. The molecule has 0 aliphatic rings. The number of benzene rings is 4. The summed E-state index contributed by atoms with van der Waals surface area (Å²) < 4.78 is 66.4. The normalized spacial score (nSPS) is 12.0. The molecule has 0 unspecified atom stereocenters. The molecule has 0 atom stereocenters. The van der Waals surface area contributed by atoms with E-state index in [9.17, 15) is 32.3 Å². The first kappa shape index (κ1) is 54.4. The van der Waals surface area contributed by atoms with Crippen molar-refractivity contribution in [3.05, 3.63) is 130 Å². The van der Waals surface area contributed by atoms with Gasteiger partial charge in [-0.15, -0.1) is 0 Å². The molecule has 364 valence electrons. The summed E-state index contributed by atoms with van der Waals surface area (Å²) in [5, 5.41) is 0. The molecule has 17 heteroatoms. The number of esters is 2. The van der Waals surface area contributed by atoms with Crippen molar-refractivity contribution in [2.45, 2.75) is 103 Å². The maximum absolute atomic E-state index is 13.5. The number of nitrogens with zero attached hydrogens (tertiary/aromatic N) is 2. The topological polar surface area (TPSA) is 121 Å². The van der Waals surface area contributed by atoms with Crippen molar-refractivity contribution < 1.29 is 56.0 Å². The number of amides is 2. The van der Waals surface area contributed by atoms with Crippen LogP contribution >= 0.6 is 34.8 Å². The van der Waals surface area contributed by atoms with Crippen LogP contribution in [0.15, 0.2) is 91.0 Å². The van der Waals surface area contributed by atoms with Crippen molar-refractivity contribution in [1.29, 1.82) is 0 Å². The maximum Gasteiger partial charge on any atom is 0.471 e. The zero-order valence-electron chi connectivity index (χ0n) is 38.8. The molecule has 4 rings (SSSR count). The summed E-state index contributed by atoms with van der Waals surface area (Å²) in [6.45, 7) is 13.2. The molecular formula is C50H58Cl3F3N2O9. The lowest BCUT2D eigenvalue weighted by molar-refractivity contribution is -0.186. The maximum atomic E-state index is 13.5. The molecule has 11 nitrogen and oxygen atoms in total. The highest BCUT2D eigenvalue weighted by Gasteiger charge is 2.42. The molecular weight excluding hydrogens is 936 g/mol. The number of ether oxygens (including phenoxy) is 5. The second kappa shape index (κ2) is 24.2. The summed E-state index contributed by atoms with van der Waals surface area (Å²) in [6.07, 6.45) is -6.37. The quantitative estimate of drug-likeness (QED) is 0.0348. The zero-order chi connectivity index (χ0) is 49.6. The number of rotatable bonds is 21. The van der Waals surface area contributed by atoms with Gasteiger partial charge in [0.1, 0.15) is 37.9 Å². The van der Waals surface area contributed by atoms with E-state index in [1.807, 2.05) is 44.2 Å². The van der Waals surface area contributed by atoms with Gasteiger partial charge in [0, 0.05) is 31.6 Å². The second-order valence-electron chi connectivity index (χ2n) is 18.1. The van der Waals surface area contributed by atoms with Crippen LogP contribution in [0.4, 0.5) is 18.0 Å². The Balaban J connectivity index is 1.23. The van der Waals surface area contributed by atoms with Crippen LogP contribution in [0.3, 0.4) is 0 Å². The second-order valence-corrected chi connectivity index (χ2v) is 20.6. The van der Waals surface area contributed by atoms with E-state index in [0.29, 0.717) is 35.7 Å². The van der Waals surface area contributed by atoms with Crippen LogP contribution < -0.4 is 9.47 Å². The smallest absolute Gasteiger partial charge is 0.471 e. The largest absolute Gasteiger partial charge is 0.490 e. The molecule has 0 fully saturated rings. The van der Waals surface area contributed by atoms with Gasteiger partial charge in [0.25, 0.3) is 0 Å². The molecule has 0 bridgehead atoms. The molecule has 0 radical (unpaired) electrons. The summed E-state index contributed by atoms with van der Waals surface area (Å²) in [7, 11) is 0. The average Bonchev–Trinajstić information content (AvgIpc) is 3.24. The molecule has 4 aromatic carbocycles. The van der Waals surface area contributed by atoms with Gasteiger partial charge in [-0.1, -0.05) is 147 Å². The monoisotopic (exact) mass is 992 g/mol. The first-order valence-electron chi connectivity index (χ1n) is 21.5. The summed E-state index contributed by atoms with van der Waals surface area (Å²) in [5.41, 5.74) is 4.50. The van der Waals surface area contributed by atoms with Crippen molar-refractivity contribution >= 4 is 58.7 Å². The minimum atomic E-state index is -5.05. The molecule has 0 saturated carbocycles. The minimum Gasteiger partial charge on any atom is -0.490 e. The summed E-state index contributed by atoms with van der Waals surface area (Å²) >= 11 is 17.5. The fourth-order valence-corrected chi connectivity index (χ4v) is 6.94. The molecule has 0 heterocycles. The predicted octanol–water partition coefficient (Wildman–Crippen LogP) is 11.6. The lowest BCUT2D eigenvalue weighted by Gasteiger charge is -2.32. The number of hydrogen-bond donors (Lipinski definition) is 0. The number of carbonyl (C=O) groups excluding carboxylic acids is 4. The predicted molar refractivity (Wildman–Crippen MR) is 251 cm³/mol. The zero-order valence-corrected chi connectivity index (χ0v) is 41.0. The molecule has 0 N–H and O–H groups in total. The summed E-state index contributed by atoms with van der Waals surface area (Å²) in [6, 6.07) is 26.7. The third-order valence-corrected chi connectivity index (χ3v) is 10.3. The van der Waals surface area contributed by atoms with E-state index in [2.05, 4.69) is 20.8 Å². The summed E-state index contributed by atoms with van der Waals surface area (Å²) in [5.74, 6) is -1.95. The van der Waals surface area contributed by atoms with E-state index in [4.69, 9.17) is 58.5 Å². The highest BCUT2D eigenvalue weighted by Crippen LogP contribution is 2.29. The third-order valence-electron chi connectivity index (χ3n) is 10.0. The Hall–Kier alpha value is -5.18. The van der Waals surface area contributed by atoms with Gasteiger partial charge in [-0.05, 0) is 71.3 Å². The molecule has 0 aliphatic heterocycles. The highest BCUT2D eigenvalue weighted by molar-refractivity contribution is 6.67. The van der Waals surface area contributed by atoms with E-state index in [1.165, 1.54) is 10.5 Å². The molecule has 4 aromatic rings. The van der Waals surface area contributed by atoms with Crippen molar-refractivity contribution in [3.8, 4) is 11.5 Å². The van der Waals surface area contributed by atoms with Crippen molar-refractivity contribution in [2.75, 3.05) is 33.0 Å². The third kappa shape index (κ3) is 19.9. The fourth-order valence-electron chi connectivity index (χ4n) is 6.77. The van der Waals surface area contributed by atoms with E-state index in [-0.39, 0.29) is 57.6 Å². The van der Waals surface area contributed by atoms with E-state index in [1.54, 1.807) is 74.5 Å². The molecule has 0 aromatic heterocycles. The van der Waals surface area contributed by atoms with Gasteiger partial charge in [0.05, 0.1) is 19.4 Å². The average molecular weight is 994 g/mol. The first-order chi connectivity index (χ1) is 31.2. The Labute approximate surface area is 405 Å². The Morgan fingerprint density at radius 1 is 0.567 bits per heavy atom. The molecule has 0 saturated heterocycles. The van der Waals surface area contributed by atoms with Gasteiger partial charge in [-0.3, -0.25) is 14.4 Å². The van der Waals surface area contributed by atoms with E-state index in [0.717, 1.165) is 27.3 Å². The number of halogens is 6. The van der Waals surface area contributed by atoms with E-state index >= 15 is 0 Å². The van der Waals surface area contributed by atoms with Crippen molar-refractivity contribution in [1.82, 2.24) is 9.80 Å². The van der Waals surface area contributed by atoms with Crippen molar-refractivity contribution in [3.63, 3.8) is 0 Å². The number of carbonyl (C=O) groups is 4. The van der Waals surface area contributed by atoms with E-state index < -0.39 is 45.9 Å². The number of alkyl halides is 6. The minimum absolute atomic E-state index is 0.0448. The Bertz CT molecular complexity index is 2240. The summed E-state index contributed by atoms with van der Waals surface area (Å²) in [4.78, 5) is 53.0. The highest BCUT2D eigenvalue weighted by atomic mass is 35.6. The van der Waals surface area contributed by atoms with Crippen LogP contribution in [-0.2, 0) is 60.3 Å². The molecule has 0 aliphatic carbocycles. The van der Waals surface area contributed by atoms with Crippen LogP contribution in [0, 0.1) is 19.3 Å². The fraction of sp³-hybridized carbons (Fsp3) is 0.440. The SMILES string of the molecule is Cc1cc(C)cc(CN(Cc2ccc(COC(=O)CCC(=O)OCC(C)(C)CN(Cc3ccc(OCCOc4ccc(C(C)(C)C)cc4)cc3)C(=O)OCC(Cl)(Cl)Cl)cc2)C(=O)C(F)(F)F)c1. The van der Waals surface area contributed by atoms with Gasteiger partial charge >= 0.3 is 30.1 Å². The van der Waals surface area contributed by atoms with Crippen LogP contribution in [0.1, 0.15) is 86.4 Å². The number of hydrogen-bond acceptors (Lipinski definition) is 9.